The molecule has 0 aliphatic heterocycles. The van der Waals surface area contributed by atoms with Crippen molar-refractivity contribution < 1.29 is 4.18 Å². The lowest BCUT2D eigenvalue weighted by atomic mass is 10.2. The molecule has 0 unspecified atom stereocenters. The van der Waals surface area contributed by atoms with E-state index in [2.05, 4.69) is 19.9 Å². The highest BCUT2D eigenvalue weighted by Crippen LogP contribution is 2.23. The lowest BCUT2D eigenvalue weighted by Gasteiger charge is -2.05. The number of benzene rings is 1. The fourth-order valence-corrected chi connectivity index (χ4v) is 1.67. The first kappa shape index (κ1) is 11.1. The van der Waals surface area contributed by atoms with E-state index in [1.807, 2.05) is 18.2 Å². The van der Waals surface area contributed by atoms with Gasteiger partial charge in [0.25, 0.3) is 0 Å². The van der Waals surface area contributed by atoms with E-state index in [4.69, 9.17) is 9.44 Å². The van der Waals surface area contributed by atoms with Gasteiger partial charge in [0.1, 0.15) is 6.07 Å². The van der Waals surface area contributed by atoms with Crippen molar-refractivity contribution in [3.8, 4) is 6.07 Å². The highest BCUT2D eigenvalue weighted by atomic mass is 32.2. The summed E-state index contributed by atoms with van der Waals surface area (Å²) in [4.78, 5) is 0.885. The topological polar surface area (TPSA) is 33.0 Å². The van der Waals surface area contributed by atoms with Crippen molar-refractivity contribution in [2.24, 2.45) is 5.92 Å². The molecule has 0 heterocycles. The van der Waals surface area contributed by atoms with Crippen LogP contribution in [0.4, 0.5) is 0 Å². The molecule has 0 saturated heterocycles. The van der Waals surface area contributed by atoms with E-state index in [9.17, 15) is 0 Å². The summed E-state index contributed by atoms with van der Waals surface area (Å²) in [6, 6.07) is 9.57. The molecule has 0 N–H and O–H groups in total. The molecular weight excluding hydrogens is 194 g/mol. The first-order valence-corrected chi connectivity index (χ1v) is 5.26. The minimum Gasteiger partial charge on any atom is -0.310 e. The number of nitriles is 1. The van der Waals surface area contributed by atoms with E-state index >= 15 is 0 Å². The van der Waals surface area contributed by atoms with Gasteiger partial charge in [-0.15, -0.1) is 0 Å². The number of rotatable bonds is 4. The average molecular weight is 207 g/mol. The largest absolute Gasteiger partial charge is 0.310 e. The van der Waals surface area contributed by atoms with E-state index in [1.54, 1.807) is 6.07 Å². The van der Waals surface area contributed by atoms with Crippen LogP contribution in [-0.4, -0.2) is 6.61 Å². The van der Waals surface area contributed by atoms with Crippen molar-refractivity contribution in [2.75, 3.05) is 6.61 Å². The first-order chi connectivity index (χ1) is 6.74. The van der Waals surface area contributed by atoms with Crippen molar-refractivity contribution >= 4 is 12.0 Å². The van der Waals surface area contributed by atoms with Crippen LogP contribution >= 0.6 is 12.0 Å². The van der Waals surface area contributed by atoms with E-state index in [0.29, 0.717) is 18.1 Å². The van der Waals surface area contributed by atoms with Crippen molar-refractivity contribution in [1.29, 1.82) is 5.26 Å². The standard InChI is InChI=1S/C11H13NOS/c1-9(2)8-13-14-11-6-4-3-5-10(11)7-12/h3-6,9H,8H2,1-2H3. The second kappa shape index (κ2) is 5.69. The van der Waals surface area contributed by atoms with Crippen LogP contribution < -0.4 is 0 Å². The third-order valence-electron chi connectivity index (χ3n) is 1.56. The predicted molar refractivity (Wildman–Crippen MR) is 57.8 cm³/mol. The Bertz CT molecular complexity index is 330. The van der Waals surface area contributed by atoms with Crippen LogP contribution in [0.3, 0.4) is 0 Å². The molecule has 0 amide bonds. The van der Waals surface area contributed by atoms with Gasteiger partial charge < -0.3 is 4.18 Å². The predicted octanol–water partition coefficient (Wildman–Crippen LogP) is 3.24. The van der Waals surface area contributed by atoms with Gasteiger partial charge in [-0.25, -0.2) is 0 Å². The Kier molecular flexibility index (Phi) is 4.51. The second-order valence-corrected chi connectivity index (χ2v) is 4.21. The molecule has 14 heavy (non-hydrogen) atoms. The molecule has 74 valence electrons. The van der Waals surface area contributed by atoms with E-state index in [0.717, 1.165) is 4.90 Å². The van der Waals surface area contributed by atoms with E-state index in [1.165, 1.54) is 12.0 Å². The molecule has 0 bridgehead atoms. The summed E-state index contributed by atoms with van der Waals surface area (Å²) in [6.45, 7) is 4.89. The Morgan fingerprint density at radius 1 is 1.43 bits per heavy atom. The fraction of sp³-hybridized carbons (Fsp3) is 0.364. The Balaban J connectivity index is 2.54. The van der Waals surface area contributed by atoms with Crippen LogP contribution in [0, 0.1) is 17.2 Å². The monoisotopic (exact) mass is 207 g/mol. The molecule has 0 atom stereocenters. The molecule has 1 rings (SSSR count). The van der Waals surface area contributed by atoms with Crippen LogP contribution in [0.15, 0.2) is 29.2 Å². The minimum absolute atomic E-state index is 0.511. The zero-order valence-electron chi connectivity index (χ0n) is 8.36. The quantitative estimate of drug-likeness (QED) is 0.710. The van der Waals surface area contributed by atoms with Gasteiger partial charge in [-0.05, 0) is 18.1 Å². The Morgan fingerprint density at radius 3 is 2.79 bits per heavy atom. The van der Waals surface area contributed by atoms with Crippen LogP contribution in [0.5, 0.6) is 0 Å². The zero-order chi connectivity index (χ0) is 10.4. The normalized spacial score (nSPS) is 10.1. The van der Waals surface area contributed by atoms with Crippen molar-refractivity contribution in [3.05, 3.63) is 29.8 Å². The minimum atomic E-state index is 0.511. The van der Waals surface area contributed by atoms with E-state index in [-0.39, 0.29) is 0 Å². The van der Waals surface area contributed by atoms with Gasteiger partial charge >= 0.3 is 0 Å². The average Bonchev–Trinajstić information content (AvgIpc) is 2.18. The highest BCUT2D eigenvalue weighted by Gasteiger charge is 2.02. The Labute approximate surface area is 89.1 Å². The smallest absolute Gasteiger partial charge is 0.100 e. The number of hydrogen-bond acceptors (Lipinski definition) is 3. The van der Waals surface area contributed by atoms with Crippen LogP contribution in [0.2, 0.25) is 0 Å². The third kappa shape index (κ3) is 3.41. The summed E-state index contributed by atoms with van der Waals surface area (Å²) < 4.78 is 5.39. The molecule has 1 aromatic rings. The summed E-state index contributed by atoms with van der Waals surface area (Å²) in [5.74, 6) is 0.511. The molecule has 3 heteroatoms. The summed E-state index contributed by atoms with van der Waals surface area (Å²) in [7, 11) is 0. The number of hydrogen-bond donors (Lipinski definition) is 0. The molecule has 2 nitrogen and oxygen atoms in total. The fourth-order valence-electron chi connectivity index (χ4n) is 0.865. The first-order valence-electron chi connectivity index (χ1n) is 4.52. The van der Waals surface area contributed by atoms with E-state index < -0.39 is 0 Å². The lowest BCUT2D eigenvalue weighted by Crippen LogP contribution is -1.96. The lowest BCUT2D eigenvalue weighted by molar-refractivity contribution is 0.315. The summed E-state index contributed by atoms with van der Waals surface area (Å²) in [5.41, 5.74) is 0.668. The van der Waals surface area contributed by atoms with Gasteiger partial charge in [0, 0.05) is 12.0 Å². The molecule has 0 aromatic heterocycles. The van der Waals surface area contributed by atoms with Crippen molar-refractivity contribution in [2.45, 2.75) is 18.7 Å². The summed E-state index contributed by atoms with van der Waals surface area (Å²) in [5, 5.41) is 8.81. The molecule has 0 aliphatic rings. The summed E-state index contributed by atoms with van der Waals surface area (Å²) in [6.07, 6.45) is 0. The van der Waals surface area contributed by atoms with Crippen LogP contribution in [0.25, 0.3) is 0 Å². The van der Waals surface area contributed by atoms with Gasteiger partial charge in [0.05, 0.1) is 17.1 Å². The van der Waals surface area contributed by atoms with Gasteiger partial charge in [-0.2, -0.15) is 5.26 Å². The van der Waals surface area contributed by atoms with Gasteiger partial charge in [-0.3, -0.25) is 0 Å². The van der Waals surface area contributed by atoms with Gasteiger partial charge in [0.2, 0.25) is 0 Å². The Morgan fingerprint density at radius 2 is 2.14 bits per heavy atom. The van der Waals surface area contributed by atoms with Crippen molar-refractivity contribution in [3.63, 3.8) is 0 Å². The zero-order valence-corrected chi connectivity index (χ0v) is 9.17. The summed E-state index contributed by atoms with van der Waals surface area (Å²) >= 11 is 1.28. The maximum Gasteiger partial charge on any atom is 0.100 e. The maximum absolute atomic E-state index is 8.81. The molecule has 0 saturated carbocycles. The molecule has 0 aliphatic carbocycles. The van der Waals surface area contributed by atoms with Gasteiger partial charge in [-0.1, -0.05) is 26.0 Å². The SMILES string of the molecule is CC(C)COSc1ccccc1C#N. The van der Waals surface area contributed by atoms with Gasteiger partial charge in [0.15, 0.2) is 0 Å². The maximum atomic E-state index is 8.81. The van der Waals surface area contributed by atoms with Crippen molar-refractivity contribution in [1.82, 2.24) is 0 Å². The second-order valence-electron chi connectivity index (χ2n) is 3.37. The molecule has 0 spiro atoms. The van der Waals surface area contributed by atoms with Crippen LogP contribution in [-0.2, 0) is 4.18 Å². The molecule has 1 aromatic carbocycles. The molecule has 0 fully saturated rings. The molecule has 0 radical (unpaired) electrons. The number of nitrogens with zero attached hydrogens (tertiary/aromatic N) is 1. The third-order valence-corrected chi connectivity index (χ3v) is 2.35. The van der Waals surface area contributed by atoms with Crippen LogP contribution in [0.1, 0.15) is 19.4 Å². The Hall–Kier alpha value is -0.980. The highest BCUT2D eigenvalue weighted by molar-refractivity contribution is 7.94. The molecular formula is C11H13NOS.